The van der Waals surface area contributed by atoms with Crippen LogP contribution in [0.15, 0.2) is 97.1 Å². The molecule has 0 heterocycles. The van der Waals surface area contributed by atoms with Crippen LogP contribution in [-0.4, -0.2) is 10.2 Å². The van der Waals surface area contributed by atoms with Crippen molar-refractivity contribution >= 4 is 0 Å². The molecule has 2 heteroatoms. The van der Waals surface area contributed by atoms with Gasteiger partial charge >= 0.3 is 0 Å². The van der Waals surface area contributed by atoms with Gasteiger partial charge in [0.2, 0.25) is 0 Å². The topological polar surface area (TPSA) is 40.5 Å². The first kappa shape index (κ1) is 18.3. The zero-order valence-corrected chi connectivity index (χ0v) is 17.2. The Morgan fingerprint density at radius 3 is 1.35 bits per heavy atom. The first-order valence-electron chi connectivity index (χ1n) is 10.9. The number of rotatable bonds is 2. The van der Waals surface area contributed by atoms with Crippen molar-refractivity contribution in [2.75, 3.05) is 0 Å². The van der Waals surface area contributed by atoms with E-state index < -0.39 is 5.41 Å². The second-order valence-corrected chi connectivity index (χ2v) is 8.90. The molecule has 2 aliphatic rings. The van der Waals surface area contributed by atoms with Crippen molar-refractivity contribution in [2.45, 2.75) is 30.1 Å². The molecule has 0 saturated carbocycles. The highest BCUT2D eigenvalue weighted by atomic mass is 16.3. The van der Waals surface area contributed by atoms with Crippen molar-refractivity contribution in [1.82, 2.24) is 0 Å². The second kappa shape index (κ2) is 6.75. The standard InChI is InChI=1S/C29H24O2/c30-25-15-7-13-21-23(19-9-3-1-4-10-19)17-29(27(21)25)18-24(20-11-5-2-6-12-20)22-14-8-16-26(31)28(22)29/h1-16,23-24,30-31H,17-18H2/t23-,24-,29?/m0/s1. The molecule has 0 aliphatic heterocycles. The molecule has 2 N–H and O–H groups in total. The maximum Gasteiger partial charge on any atom is 0.119 e. The molecule has 4 aromatic carbocycles. The Morgan fingerprint density at radius 1 is 0.516 bits per heavy atom. The van der Waals surface area contributed by atoms with Crippen molar-refractivity contribution in [2.24, 2.45) is 0 Å². The van der Waals surface area contributed by atoms with Crippen molar-refractivity contribution in [3.63, 3.8) is 0 Å². The summed E-state index contributed by atoms with van der Waals surface area (Å²) in [5.74, 6) is 1.04. The minimum absolute atomic E-state index is 0.185. The molecule has 0 fully saturated rings. The molecule has 1 spiro atoms. The van der Waals surface area contributed by atoms with Gasteiger partial charge in [-0.3, -0.25) is 0 Å². The highest BCUT2D eigenvalue weighted by molar-refractivity contribution is 5.66. The maximum atomic E-state index is 11.1. The molecule has 2 atom stereocenters. The third-order valence-corrected chi connectivity index (χ3v) is 7.37. The summed E-state index contributed by atoms with van der Waals surface area (Å²) in [6.07, 6.45) is 1.69. The Balaban J connectivity index is 1.61. The van der Waals surface area contributed by atoms with E-state index in [1.165, 1.54) is 22.3 Å². The van der Waals surface area contributed by atoms with E-state index in [-0.39, 0.29) is 11.8 Å². The summed E-state index contributed by atoms with van der Waals surface area (Å²) in [7, 11) is 0. The van der Waals surface area contributed by atoms with Crippen LogP contribution in [0.4, 0.5) is 0 Å². The fraction of sp³-hybridized carbons (Fsp3) is 0.172. The largest absolute Gasteiger partial charge is 0.508 e. The monoisotopic (exact) mass is 404 g/mol. The van der Waals surface area contributed by atoms with E-state index in [1.807, 2.05) is 24.3 Å². The molecule has 152 valence electrons. The average molecular weight is 405 g/mol. The molecule has 2 nitrogen and oxygen atoms in total. The van der Waals surface area contributed by atoms with E-state index in [1.54, 1.807) is 12.1 Å². The zero-order chi connectivity index (χ0) is 21.0. The minimum atomic E-state index is -0.414. The molecule has 31 heavy (non-hydrogen) atoms. The quantitative estimate of drug-likeness (QED) is 0.403. The first-order valence-corrected chi connectivity index (χ1v) is 10.9. The first-order chi connectivity index (χ1) is 15.2. The van der Waals surface area contributed by atoms with Crippen molar-refractivity contribution in [3.8, 4) is 11.5 Å². The molecular weight excluding hydrogens is 380 g/mol. The summed E-state index contributed by atoms with van der Waals surface area (Å²) >= 11 is 0. The lowest BCUT2D eigenvalue weighted by Gasteiger charge is -2.29. The Hall–Kier alpha value is -3.52. The highest BCUT2D eigenvalue weighted by Crippen LogP contribution is 2.65. The Kier molecular flexibility index (Phi) is 3.97. The van der Waals surface area contributed by atoms with Crippen LogP contribution in [0.5, 0.6) is 11.5 Å². The van der Waals surface area contributed by atoms with Crippen LogP contribution in [0.3, 0.4) is 0 Å². The lowest BCUT2D eigenvalue weighted by molar-refractivity contribution is 0.406. The second-order valence-electron chi connectivity index (χ2n) is 8.90. The molecule has 2 aliphatic carbocycles. The zero-order valence-electron chi connectivity index (χ0n) is 17.2. The summed E-state index contributed by atoms with van der Waals surface area (Å²) < 4.78 is 0. The molecule has 0 radical (unpaired) electrons. The van der Waals surface area contributed by atoms with E-state index in [2.05, 4.69) is 60.7 Å². The van der Waals surface area contributed by atoms with Gasteiger partial charge in [-0.05, 0) is 47.2 Å². The normalized spacial score (nSPS) is 20.5. The van der Waals surface area contributed by atoms with E-state index in [0.29, 0.717) is 11.5 Å². The molecule has 0 aromatic heterocycles. The van der Waals surface area contributed by atoms with E-state index in [0.717, 1.165) is 24.0 Å². The van der Waals surface area contributed by atoms with Crippen molar-refractivity contribution in [1.29, 1.82) is 0 Å². The highest BCUT2D eigenvalue weighted by Gasteiger charge is 2.54. The summed E-state index contributed by atoms with van der Waals surface area (Å²) in [5.41, 5.74) is 6.43. The molecule has 6 rings (SSSR count). The summed E-state index contributed by atoms with van der Waals surface area (Å²) in [6, 6.07) is 32.9. The van der Waals surface area contributed by atoms with Crippen LogP contribution in [0.2, 0.25) is 0 Å². The Labute approximate surface area is 182 Å². The predicted molar refractivity (Wildman–Crippen MR) is 123 cm³/mol. The van der Waals surface area contributed by atoms with Crippen LogP contribution in [0.1, 0.15) is 58.1 Å². The van der Waals surface area contributed by atoms with Crippen molar-refractivity contribution < 1.29 is 10.2 Å². The molecule has 0 bridgehead atoms. The van der Waals surface area contributed by atoms with Gasteiger partial charge < -0.3 is 10.2 Å². The van der Waals surface area contributed by atoms with E-state index >= 15 is 0 Å². The molecule has 0 amide bonds. The smallest absolute Gasteiger partial charge is 0.119 e. The van der Waals surface area contributed by atoms with Gasteiger partial charge in [-0.2, -0.15) is 0 Å². The predicted octanol–water partition coefficient (Wildman–Crippen LogP) is 6.46. The number of hydrogen-bond donors (Lipinski definition) is 2. The van der Waals surface area contributed by atoms with Crippen LogP contribution >= 0.6 is 0 Å². The molecule has 0 unspecified atom stereocenters. The molecule has 0 saturated heterocycles. The van der Waals surface area contributed by atoms with Crippen LogP contribution < -0.4 is 0 Å². The van der Waals surface area contributed by atoms with Crippen LogP contribution in [0, 0.1) is 0 Å². The van der Waals surface area contributed by atoms with E-state index in [9.17, 15) is 10.2 Å². The number of aromatic hydroxyl groups is 2. The lowest BCUT2D eigenvalue weighted by Crippen LogP contribution is -2.22. The Bertz CT molecular complexity index is 1160. The molecular formula is C29H24O2. The Morgan fingerprint density at radius 2 is 0.935 bits per heavy atom. The summed E-state index contributed by atoms with van der Waals surface area (Å²) in [4.78, 5) is 0. The average Bonchev–Trinajstić information content (AvgIpc) is 3.32. The number of phenols is 2. The number of phenolic OH excluding ortho intramolecular Hbond substituents is 2. The lowest BCUT2D eigenvalue weighted by atomic mass is 9.74. The van der Waals surface area contributed by atoms with Gasteiger partial charge in [-0.15, -0.1) is 0 Å². The van der Waals surface area contributed by atoms with Gasteiger partial charge in [0.1, 0.15) is 11.5 Å². The number of fused-ring (bicyclic) bond motifs is 4. The summed E-state index contributed by atoms with van der Waals surface area (Å²) in [5, 5.41) is 22.2. The van der Waals surface area contributed by atoms with Gasteiger partial charge in [0, 0.05) is 28.4 Å². The fourth-order valence-electron chi connectivity index (χ4n) is 6.24. The van der Waals surface area contributed by atoms with Gasteiger partial charge in [-0.25, -0.2) is 0 Å². The number of benzene rings is 4. The van der Waals surface area contributed by atoms with E-state index in [4.69, 9.17) is 0 Å². The third kappa shape index (κ3) is 2.58. The third-order valence-electron chi connectivity index (χ3n) is 7.37. The minimum Gasteiger partial charge on any atom is -0.508 e. The number of hydrogen-bond acceptors (Lipinski definition) is 2. The van der Waals surface area contributed by atoms with Gasteiger partial charge in [0.05, 0.1) is 0 Å². The van der Waals surface area contributed by atoms with Crippen LogP contribution in [-0.2, 0) is 5.41 Å². The molecule has 4 aromatic rings. The fourth-order valence-corrected chi connectivity index (χ4v) is 6.24. The van der Waals surface area contributed by atoms with Crippen LogP contribution in [0.25, 0.3) is 0 Å². The van der Waals surface area contributed by atoms with Gasteiger partial charge in [-0.1, -0.05) is 84.9 Å². The van der Waals surface area contributed by atoms with Gasteiger partial charge in [0.25, 0.3) is 0 Å². The summed E-state index contributed by atoms with van der Waals surface area (Å²) in [6.45, 7) is 0. The maximum absolute atomic E-state index is 11.1. The van der Waals surface area contributed by atoms with Crippen molar-refractivity contribution in [3.05, 3.63) is 130 Å². The SMILES string of the molecule is Oc1cccc2c1C1(C[C@H]2c2ccccc2)C[C@@H](c2ccccc2)c2cccc(O)c21. The van der Waals surface area contributed by atoms with Gasteiger partial charge in [0.15, 0.2) is 0 Å².